The smallest absolute Gasteiger partial charge is 0.234 e. The van der Waals surface area contributed by atoms with Crippen molar-refractivity contribution in [3.63, 3.8) is 0 Å². The van der Waals surface area contributed by atoms with E-state index in [2.05, 4.69) is 21.8 Å². The molecule has 0 unspecified atom stereocenters. The van der Waals surface area contributed by atoms with Gasteiger partial charge in [0.1, 0.15) is 5.69 Å². The Kier molecular flexibility index (Phi) is 1.94. The number of nitrogens with two attached hydrogens (primary N) is 1. The number of imidazole rings is 1. The van der Waals surface area contributed by atoms with Crippen molar-refractivity contribution in [2.45, 2.75) is 0 Å². The molecule has 0 aliphatic rings. The van der Waals surface area contributed by atoms with E-state index < -0.39 is 0 Å². The van der Waals surface area contributed by atoms with Crippen LogP contribution in [0, 0.1) is 11.8 Å². The lowest BCUT2D eigenvalue weighted by atomic mass is 10.4. The largest absolute Gasteiger partial charge is 0.320 e. The van der Waals surface area contributed by atoms with Crippen molar-refractivity contribution in [3.05, 3.63) is 30.4 Å². The van der Waals surface area contributed by atoms with Gasteiger partial charge in [-0.15, -0.1) is 0 Å². The van der Waals surface area contributed by atoms with Crippen molar-refractivity contribution in [2.75, 3.05) is 6.54 Å². The van der Waals surface area contributed by atoms with Gasteiger partial charge in [-0.1, -0.05) is 5.92 Å². The van der Waals surface area contributed by atoms with Crippen LogP contribution in [0.4, 0.5) is 0 Å². The van der Waals surface area contributed by atoms with Crippen molar-refractivity contribution < 1.29 is 0 Å². The third kappa shape index (κ3) is 1.37. The average molecular weight is 172 g/mol. The zero-order valence-corrected chi connectivity index (χ0v) is 6.94. The monoisotopic (exact) mass is 172 g/mol. The zero-order chi connectivity index (χ0) is 9.10. The SMILES string of the molecule is NCC#Cc1cnc2ncccn12. The summed E-state index contributed by atoms with van der Waals surface area (Å²) in [7, 11) is 0. The highest BCUT2D eigenvalue weighted by Crippen LogP contribution is 2.00. The molecule has 0 radical (unpaired) electrons. The van der Waals surface area contributed by atoms with Gasteiger partial charge in [-0.3, -0.25) is 4.40 Å². The van der Waals surface area contributed by atoms with Gasteiger partial charge >= 0.3 is 0 Å². The Bertz CT molecular complexity index is 475. The normalized spacial score (nSPS) is 9.62. The van der Waals surface area contributed by atoms with Gasteiger partial charge in [-0.2, -0.15) is 0 Å². The molecular formula is C9H8N4. The summed E-state index contributed by atoms with van der Waals surface area (Å²) in [5.41, 5.74) is 6.08. The first-order valence-corrected chi connectivity index (χ1v) is 3.89. The maximum absolute atomic E-state index is 5.27. The van der Waals surface area contributed by atoms with E-state index in [1.807, 2.05) is 16.7 Å². The van der Waals surface area contributed by atoms with Gasteiger partial charge in [-0.05, 0) is 12.0 Å². The third-order valence-corrected chi connectivity index (χ3v) is 1.61. The van der Waals surface area contributed by atoms with Crippen LogP contribution in [0.3, 0.4) is 0 Å². The summed E-state index contributed by atoms with van der Waals surface area (Å²) in [6.45, 7) is 0.355. The predicted octanol–water partition coefficient (Wildman–Crippen LogP) is 0.0395. The van der Waals surface area contributed by atoms with Crippen molar-refractivity contribution in [3.8, 4) is 11.8 Å². The van der Waals surface area contributed by atoms with Gasteiger partial charge < -0.3 is 5.73 Å². The molecule has 0 spiro atoms. The topological polar surface area (TPSA) is 56.2 Å². The van der Waals surface area contributed by atoms with Crippen molar-refractivity contribution >= 4 is 5.78 Å². The van der Waals surface area contributed by atoms with Crippen molar-refractivity contribution in [2.24, 2.45) is 5.73 Å². The number of aromatic nitrogens is 3. The number of hydrogen-bond acceptors (Lipinski definition) is 3. The van der Waals surface area contributed by atoms with Gasteiger partial charge in [0.05, 0.1) is 12.7 Å². The molecule has 0 bridgehead atoms. The lowest BCUT2D eigenvalue weighted by molar-refractivity contribution is 1.09. The first-order valence-electron chi connectivity index (χ1n) is 3.89. The summed E-state index contributed by atoms with van der Waals surface area (Å²) in [4.78, 5) is 8.14. The fraction of sp³-hybridized carbons (Fsp3) is 0.111. The van der Waals surface area contributed by atoms with Crippen LogP contribution < -0.4 is 5.73 Å². The van der Waals surface area contributed by atoms with Gasteiger partial charge in [0.15, 0.2) is 0 Å². The molecular weight excluding hydrogens is 164 g/mol. The highest BCUT2D eigenvalue weighted by molar-refractivity contribution is 5.38. The summed E-state index contributed by atoms with van der Waals surface area (Å²) in [5.74, 6) is 6.34. The molecule has 4 nitrogen and oxygen atoms in total. The maximum Gasteiger partial charge on any atom is 0.234 e. The maximum atomic E-state index is 5.27. The molecule has 0 aromatic carbocycles. The fourth-order valence-corrected chi connectivity index (χ4v) is 1.06. The van der Waals surface area contributed by atoms with Gasteiger partial charge in [0, 0.05) is 12.4 Å². The first kappa shape index (κ1) is 7.77. The van der Waals surface area contributed by atoms with Gasteiger partial charge in [0.2, 0.25) is 5.78 Å². The molecule has 0 aliphatic carbocycles. The van der Waals surface area contributed by atoms with Crippen LogP contribution in [0.2, 0.25) is 0 Å². The van der Waals surface area contributed by atoms with Gasteiger partial charge in [0.25, 0.3) is 0 Å². The molecule has 0 fully saturated rings. The van der Waals surface area contributed by atoms with E-state index in [1.165, 1.54) is 0 Å². The molecule has 2 heterocycles. The molecule has 0 atom stereocenters. The predicted molar refractivity (Wildman–Crippen MR) is 48.9 cm³/mol. The highest BCUT2D eigenvalue weighted by atomic mass is 15.1. The van der Waals surface area contributed by atoms with Crippen LogP contribution in [0.25, 0.3) is 5.78 Å². The van der Waals surface area contributed by atoms with E-state index in [0.29, 0.717) is 12.3 Å². The Morgan fingerprint density at radius 2 is 2.38 bits per heavy atom. The standard InChI is InChI=1S/C9H8N4/c10-4-1-3-8-7-12-9-11-5-2-6-13(8)9/h2,5-7H,4,10H2. The number of fused-ring (bicyclic) bond motifs is 1. The molecule has 2 N–H and O–H groups in total. The Morgan fingerprint density at radius 3 is 3.23 bits per heavy atom. The summed E-state index contributed by atoms with van der Waals surface area (Å²) in [6, 6.07) is 1.84. The number of hydrogen-bond donors (Lipinski definition) is 1. The second-order valence-electron chi connectivity index (χ2n) is 2.44. The molecule has 13 heavy (non-hydrogen) atoms. The second kappa shape index (κ2) is 3.25. The summed E-state index contributed by atoms with van der Waals surface area (Å²) in [5, 5.41) is 0. The van der Waals surface area contributed by atoms with E-state index >= 15 is 0 Å². The minimum atomic E-state index is 0.355. The molecule has 0 aliphatic heterocycles. The Hall–Kier alpha value is -1.86. The van der Waals surface area contributed by atoms with E-state index in [1.54, 1.807) is 12.4 Å². The fourth-order valence-electron chi connectivity index (χ4n) is 1.06. The lowest BCUT2D eigenvalue weighted by Crippen LogP contribution is -1.94. The van der Waals surface area contributed by atoms with Crippen LogP contribution in [-0.4, -0.2) is 20.9 Å². The van der Waals surface area contributed by atoms with E-state index in [-0.39, 0.29) is 0 Å². The van der Waals surface area contributed by atoms with E-state index in [4.69, 9.17) is 5.73 Å². The Labute approximate surface area is 75.4 Å². The minimum Gasteiger partial charge on any atom is -0.320 e. The van der Waals surface area contributed by atoms with Crippen molar-refractivity contribution in [1.82, 2.24) is 14.4 Å². The Balaban J connectivity index is 2.58. The molecule has 2 aromatic rings. The Morgan fingerprint density at radius 1 is 1.46 bits per heavy atom. The zero-order valence-electron chi connectivity index (χ0n) is 6.94. The second-order valence-corrected chi connectivity index (χ2v) is 2.44. The summed E-state index contributed by atoms with van der Waals surface area (Å²) < 4.78 is 1.82. The number of rotatable bonds is 0. The van der Waals surface area contributed by atoms with Gasteiger partial charge in [-0.25, -0.2) is 9.97 Å². The lowest BCUT2D eigenvalue weighted by Gasteiger charge is -1.90. The van der Waals surface area contributed by atoms with Crippen LogP contribution in [0.5, 0.6) is 0 Å². The molecule has 0 amide bonds. The van der Waals surface area contributed by atoms with E-state index in [0.717, 1.165) is 5.69 Å². The van der Waals surface area contributed by atoms with E-state index in [9.17, 15) is 0 Å². The molecule has 4 heteroatoms. The molecule has 0 saturated heterocycles. The molecule has 0 saturated carbocycles. The molecule has 2 rings (SSSR count). The molecule has 2 aromatic heterocycles. The quantitative estimate of drug-likeness (QED) is 0.571. The number of nitrogens with zero attached hydrogens (tertiary/aromatic N) is 3. The van der Waals surface area contributed by atoms with Crippen molar-refractivity contribution in [1.29, 1.82) is 0 Å². The average Bonchev–Trinajstić information content (AvgIpc) is 2.58. The third-order valence-electron chi connectivity index (χ3n) is 1.61. The van der Waals surface area contributed by atoms with Crippen LogP contribution in [-0.2, 0) is 0 Å². The summed E-state index contributed by atoms with van der Waals surface area (Å²) >= 11 is 0. The minimum absolute atomic E-state index is 0.355. The highest BCUT2D eigenvalue weighted by Gasteiger charge is 1.98. The molecule has 64 valence electrons. The first-order chi connectivity index (χ1) is 6.42. The van der Waals surface area contributed by atoms with Crippen LogP contribution >= 0.6 is 0 Å². The summed E-state index contributed by atoms with van der Waals surface area (Å²) in [6.07, 6.45) is 5.25. The van der Waals surface area contributed by atoms with Crippen LogP contribution in [0.1, 0.15) is 5.69 Å². The van der Waals surface area contributed by atoms with Crippen LogP contribution in [0.15, 0.2) is 24.7 Å².